The summed E-state index contributed by atoms with van der Waals surface area (Å²) in [4.78, 5) is -1.22. The van der Waals surface area contributed by atoms with Gasteiger partial charge in [-0.15, -0.1) is 0 Å². The average molecular weight is 391 g/mol. The monoisotopic (exact) mass is 389 g/mol. The molecule has 1 aliphatic carbocycles. The fourth-order valence-electron chi connectivity index (χ4n) is 2.67. The Bertz CT molecular complexity index is 313. The molecule has 1 saturated carbocycles. The molecule has 1 N–H and O–H groups in total. The van der Waals surface area contributed by atoms with Gasteiger partial charge >= 0.3 is 12.4 Å². The highest BCUT2D eigenvalue weighted by molar-refractivity contribution is 9.10. The molecular formula is C8H7Br2F6N. The van der Waals surface area contributed by atoms with E-state index in [9.17, 15) is 26.3 Å². The molecule has 0 aromatic carbocycles. The van der Waals surface area contributed by atoms with Crippen molar-refractivity contribution in [3.8, 4) is 0 Å². The van der Waals surface area contributed by atoms with E-state index in [0.29, 0.717) is 0 Å². The maximum atomic E-state index is 12.9. The number of halogens is 8. The standard InChI is InChI=1S/C8H7Br2F6N/c9-3-1-2-4(10)5(3)17-6(2,7(11,12)13)8(14,15)16/h2-5,17H,1H2/t2-,3+,4-,5-/m0/s1. The van der Waals surface area contributed by atoms with Crippen LogP contribution in [0, 0.1) is 5.92 Å². The summed E-state index contributed by atoms with van der Waals surface area (Å²) >= 11 is 6.03. The summed E-state index contributed by atoms with van der Waals surface area (Å²) in [7, 11) is 0. The SMILES string of the molecule is FC(F)(F)C1(C(F)(F)F)N[C@@H]2[C@@H](Br)[C@@H]1C[C@H]2Br. The van der Waals surface area contributed by atoms with Gasteiger partial charge < -0.3 is 0 Å². The lowest BCUT2D eigenvalue weighted by molar-refractivity contribution is -0.318. The van der Waals surface area contributed by atoms with Crippen LogP contribution in [0.5, 0.6) is 0 Å². The van der Waals surface area contributed by atoms with Crippen molar-refractivity contribution in [2.24, 2.45) is 5.92 Å². The fourth-order valence-corrected chi connectivity index (χ4v) is 5.06. The van der Waals surface area contributed by atoms with Gasteiger partial charge in [-0.25, -0.2) is 0 Å². The van der Waals surface area contributed by atoms with Crippen LogP contribution in [0.25, 0.3) is 0 Å². The first-order valence-corrected chi connectivity index (χ1v) is 6.55. The molecule has 0 aromatic heterocycles. The molecule has 4 atom stereocenters. The lowest BCUT2D eigenvalue weighted by atomic mass is 9.82. The van der Waals surface area contributed by atoms with Gasteiger partial charge in [0.2, 0.25) is 5.54 Å². The number of fused-ring (bicyclic) bond motifs is 2. The second-order valence-electron chi connectivity index (χ2n) is 4.28. The molecule has 2 fully saturated rings. The number of rotatable bonds is 0. The molecule has 9 heteroatoms. The van der Waals surface area contributed by atoms with Crippen LogP contribution < -0.4 is 5.32 Å². The Morgan fingerprint density at radius 1 is 1.00 bits per heavy atom. The molecule has 100 valence electrons. The van der Waals surface area contributed by atoms with E-state index in [4.69, 9.17) is 0 Å². The Balaban J connectivity index is 2.48. The van der Waals surface area contributed by atoms with Crippen LogP contribution >= 0.6 is 31.9 Å². The Kier molecular flexibility index (Phi) is 3.07. The summed E-state index contributed by atoms with van der Waals surface area (Å²) in [6.07, 6.45) is -10.9. The highest BCUT2D eigenvalue weighted by atomic mass is 79.9. The first-order valence-electron chi connectivity index (χ1n) is 4.71. The van der Waals surface area contributed by atoms with Crippen molar-refractivity contribution in [3.05, 3.63) is 0 Å². The summed E-state index contributed by atoms with van der Waals surface area (Å²) < 4.78 is 77.1. The van der Waals surface area contributed by atoms with Gasteiger partial charge in [0.05, 0.1) is 0 Å². The quantitative estimate of drug-likeness (QED) is 0.494. The minimum Gasteiger partial charge on any atom is -0.291 e. The van der Waals surface area contributed by atoms with Gasteiger partial charge in [0.1, 0.15) is 0 Å². The molecule has 17 heavy (non-hydrogen) atoms. The van der Waals surface area contributed by atoms with Gasteiger partial charge in [-0.05, 0) is 6.42 Å². The molecule has 0 spiro atoms. The van der Waals surface area contributed by atoms with Crippen molar-refractivity contribution < 1.29 is 26.3 Å². The van der Waals surface area contributed by atoms with Crippen molar-refractivity contribution >= 4 is 31.9 Å². The Morgan fingerprint density at radius 2 is 1.47 bits per heavy atom. The number of nitrogens with one attached hydrogen (secondary N) is 1. The number of hydrogen-bond acceptors (Lipinski definition) is 1. The minimum atomic E-state index is -5.36. The zero-order valence-electron chi connectivity index (χ0n) is 8.04. The molecule has 0 unspecified atom stereocenters. The summed E-state index contributed by atoms with van der Waals surface area (Å²) in [6.45, 7) is 0. The maximum absolute atomic E-state index is 12.9. The van der Waals surface area contributed by atoms with Crippen molar-refractivity contribution in [3.63, 3.8) is 0 Å². The van der Waals surface area contributed by atoms with Crippen molar-refractivity contribution in [1.82, 2.24) is 5.32 Å². The third-order valence-corrected chi connectivity index (χ3v) is 5.59. The molecule has 1 heterocycles. The maximum Gasteiger partial charge on any atom is 0.415 e. The van der Waals surface area contributed by atoms with E-state index in [1.165, 1.54) is 0 Å². The Hall–Kier alpha value is 0.500. The molecule has 0 aromatic rings. The van der Waals surface area contributed by atoms with Gasteiger partial charge in [-0.1, -0.05) is 31.9 Å². The molecular weight excluding hydrogens is 384 g/mol. The first-order chi connectivity index (χ1) is 7.52. The summed E-state index contributed by atoms with van der Waals surface area (Å²) in [5.74, 6) is -1.54. The number of piperidine rings is 1. The average Bonchev–Trinajstić information content (AvgIpc) is 2.53. The van der Waals surface area contributed by atoms with Gasteiger partial charge in [0, 0.05) is 21.6 Å². The smallest absolute Gasteiger partial charge is 0.291 e. The van der Waals surface area contributed by atoms with E-state index in [-0.39, 0.29) is 11.2 Å². The minimum absolute atomic E-state index is 0.160. The molecule has 0 radical (unpaired) electrons. The summed E-state index contributed by atoms with van der Waals surface area (Å²) in [6, 6.07) is -0.872. The summed E-state index contributed by atoms with van der Waals surface area (Å²) in [5.41, 5.74) is -3.79. The van der Waals surface area contributed by atoms with E-state index < -0.39 is 34.7 Å². The van der Waals surface area contributed by atoms with E-state index in [0.717, 1.165) is 0 Å². The lowest BCUT2D eigenvalue weighted by Gasteiger charge is -2.41. The van der Waals surface area contributed by atoms with Crippen LogP contribution in [-0.4, -0.2) is 33.6 Å². The van der Waals surface area contributed by atoms with Gasteiger partial charge in [0.15, 0.2) is 0 Å². The van der Waals surface area contributed by atoms with Gasteiger partial charge in [-0.3, -0.25) is 5.32 Å². The van der Waals surface area contributed by atoms with Crippen LogP contribution in [0.3, 0.4) is 0 Å². The van der Waals surface area contributed by atoms with Crippen molar-refractivity contribution in [2.45, 2.75) is 40.0 Å². The van der Waals surface area contributed by atoms with Crippen LogP contribution in [0.4, 0.5) is 26.3 Å². The number of hydrogen-bond donors (Lipinski definition) is 1. The van der Waals surface area contributed by atoms with Crippen molar-refractivity contribution in [1.29, 1.82) is 0 Å². The molecule has 0 amide bonds. The van der Waals surface area contributed by atoms with Crippen LogP contribution in [0.15, 0.2) is 0 Å². The second-order valence-corrected chi connectivity index (χ2v) is 6.51. The lowest BCUT2D eigenvalue weighted by Crippen LogP contribution is -2.70. The van der Waals surface area contributed by atoms with E-state index in [1.54, 1.807) is 5.32 Å². The van der Waals surface area contributed by atoms with Crippen LogP contribution in [0.2, 0.25) is 0 Å². The Labute approximate surface area is 110 Å². The van der Waals surface area contributed by atoms with Gasteiger partial charge in [-0.2, -0.15) is 26.3 Å². The van der Waals surface area contributed by atoms with Crippen molar-refractivity contribution in [2.75, 3.05) is 0 Å². The third kappa shape index (κ3) is 1.68. The van der Waals surface area contributed by atoms with Gasteiger partial charge in [0.25, 0.3) is 0 Å². The molecule has 2 bridgehead atoms. The predicted octanol–water partition coefficient (Wildman–Crippen LogP) is 3.37. The third-order valence-electron chi connectivity index (χ3n) is 3.44. The van der Waals surface area contributed by atoms with Crippen LogP contribution in [0.1, 0.15) is 6.42 Å². The molecule has 1 aliphatic heterocycles. The second kappa shape index (κ2) is 3.75. The topological polar surface area (TPSA) is 12.0 Å². The molecule has 1 saturated heterocycles. The fraction of sp³-hybridized carbons (Fsp3) is 1.00. The van der Waals surface area contributed by atoms with E-state index in [1.807, 2.05) is 0 Å². The zero-order chi connectivity index (χ0) is 13.2. The van der Waals surface area contributed by atoms with E-state index in [2.05, 4.69) is 31.9 Å². The Morgan fingerprint density at radius 3 is 1.71 bits per heavy atom. The predicted molar refractivity (Wildman–Crippen MR) is 55.3 cm³/mol. The van der Waals surface area contributed by atoms with Crippen LogP contribution in [-0.2, 0) is 0 Å². The molecule has 2 aliphatic rings. The first kappa shape index (κ1) is 13.9. The van der Waals surface area contributed by atoms with E-state index >= 15 is 0 Å². The number of alkyl halides is 8. The highest BCUT2D eigenvalue weighted by Crippen LogP contribution is 2.59. The summed E-state index contributed by atoms with van der Waals surface area (Å²) in [5, 5.41) is 1.74. The highest BCUT2D eigenvalue weighted by Gasteiger charge is 2.81. The molecule has 2 rings (SSSR count). The zero-order valence-corrected chi connectivity index (χ0v) is 11.2. The molecule has 1 nitrogen and oxygen atoms in total. The normalized spacial score (nSPS) is 40.9. The largest absolute Gasteiger partial charge is 0.415 e.